The van der Waals surface area contributed by atoms with Crippen molar-refractivity contribution in [2.45, 2.75) is 13.8 Å². The predicted octanol–water partition coefficient (Wildman–Crippen LogP) is 1.98. The van der Waals surface area contributed by atoms with Crippen LogP contribution in [0.4, 0.5) is 0 Å². The molecule has 0 fully saturated rings. The van der Waals surface area contributed by atoms with Crippen LogP contribution >= 0.6 is 0 Å². The van der Waals surface area contributed by atoms with E-state index < -0.39 is 24.1 Å². The van der Waals surface area contributed by atoms with Gasteiger partial charge in [0.05, 0.1) is 11.2 Å². The Hall–Kier alpha value is -1.84. The van der Waals surface area contributed by atoms with E-state index >= 15 is 0 Å². The number of esters is 1. The average molecular weight is 211 g/mol. The molecule has 1 aromatic carbocycles. The van der Waals surface area contributed by atoms with Gasteiger partial charge in [-0.05, 0) is 19.0 Å². The Labute approximate surface area is 94.1 Å². The summed E-state index contributed by atoms with van der Waals surface area (Å²) < 4.78 is 35.6. The highest BCUT2D eigenvalue weighted by molar-refractivity contribution is 6.01. The fourth-order valence-corrected chi connectivity index (χ4v) is 0.959. The molecule has 0 atom stereocenters. The van der Waals surface area contributed by atoms with Crippen LogP contribution in [0.1, 0.15) is 24.9 Å². The van der Waals surface area contributed by atoms with Gasteiger partial charge >= 0.3 is 5.97 Å². The number of para-hydroxylation sites is 1. The van der Waals surface area contributed by atoms with Crippen molar-refractivity contribution in [3.05, 3.63) is 29.7 Å². The second kappa shape index (κ2) is 5.14. The third-order valence-electron chi connectivity index (χ3n) is 1.49. The van der Waals surface area contributed by atoms with Crippen LogP contribution in [-0.2, 0) is 9.63 Å². The van der Waals surface area contributed by atoms with Crippen molar-refractivity contribution in [3.63, 3.8) is 0 Å². The first-order valence-electron chi connectivity index (χ1n) is 6.18. The lowest BCUT2D eigenvalue weighted by Crippen LogP contribution is -2.06. The number of hydrogen-bond donors (Lipinski definition) is 0. The lowest BCUT2D eigenvalue weighted by atomic mass is 10.1. The third-order valence-corrected chi connectivity index (χ3v) is 1.49. The zero-order chi connectivity index (χ0) is 14.7. The number of rotatable bonds is 3. The van der Waals surface area contributed by atoms with Crippen LogP contribution in [0.25, 0.3) is 0 Å². The van der Waals surface area contributed by atoms with Gasteiger partial charge < -0.3 is 9.57 Å². The molecule has 15 heavy (non-hydrogen) atoms. The van der Waals surface area contributed by atoms with E-state index in [1.807, 2.05) is 0 Å². The zero-order valence-electron chi connectivity index (χ0n) is 12.7. The minimum atomic E-state index is -0.684. The van der Waals surface area contributed by atoms with Crippen LogP contribution in [0.5, 0.6) is 5.75 Å². The monoisotopic (exact) mass is 211 g/mol. The first-order chi connectivity index (χ1) is 8.81. The fraction of sp³-hybridized carbons (Fsp3) is 0.273. The summed E-state index contributed by atoms with van der Waals surface area (Å²) in [6, 6.07) is -1.68. The summed E-state index contributed by atoms with van der Waals surface area (Å²) >= 11 is 0. The standard InChI is InChI=1S/C11H13NO3/c1-8(12-14-3)10-6-4-5-7-11(10)15-9(2)13/h4-7H,1-3H3/b12-8+/i4D,5D,6D,7D. The Bertz CT molecular complexity index is 558. The Morgan fingerprint density at radius 2 is 2.07 bits per heavy atom. The van der Waals surface area contributed by atoms with Crippen molar-refractivity contribution in [2.24, 2.45) is 5.16 Å². The van der Waals surface area contributed by atoms with Gasteiger partial charge in [0, 0.05) is 12.5 Å². The molecule has 0 saturated carbocycles. The van der Waals surface area contributed by atoms with Gasteiger partial charge in [0.15, 0.2) is 0 Å². The first-order valence-corrected chi connectivity index (χ1v) is 4.18. The molecule has 0 saturated heterocycles. The Balaban J connectivity index is 3.66. The van der Waals surface area contributed by atoms with Crippen molar-refractivity contribution in [1.29, 1.82) is 0 Å². The minimum absolute atomic E-state index is 0.00282. The molecule has 0 unspecified atom stereocenters. The molecule has 80 valence electrons. The maximum atomic E-state index is 11.1. The normalized spacial score (nSPS) is 14.7. The minimum Gasteiger partial charge on any atom is -0.426 e. The third kappa shape index (κ3) is 3.09. The predicted molar refractivity (Wildman–Crippen MR) is 57.0 cm³/mol. The number of benzene rings is 1. The second-order valence-corrected chi connectivity index (χ2v) is 2.66. The number of carbonyl (C=O) groups is 1. The zero-order valence-corrected chi connectivity index (χ0v) is 8.67. The van der Waals surface area contributed by atoms with E-state index in [0.29, 0.717) is 0 Å². The van der Waals surface area contributed by atoms with E-state index in [2.05, 4.69) is 9.99 Å². The molecule has 0 spiro atoms. The largest absolute Gasteiger partial charge is 0.426 e. The van der Waals surface area contributed by atoms with Gasteiger partial charge in [-0.3, -0.25) is 4.79 Å². The van der Waals surface area contributed by atoms with E-state index in [-0.39, 0.29) is 23.1 Å². The Morgan fingerprint density at radius 1 is 1.40 bits per heavy atom. The van der Waals surface area contributed by atoms with Gasteiger partial charge in [0.25, 0.3) is 0 Å². The van der Waals surface area contributed by atoms with Crippen molar-refractivity contribution >= 4 is 11.7 Å². The molecular weight excluding hydrogens is 194 g/mol. The Morgan fingerprint density at radius 3 is 2.67 bits per heavy atom. The van der Waals surface area contributed by atoms with Crippen molar-refractivity contribution in [1.82, 2.24) is 0 Å². The highest BCUT2D eigenvalue weighted by atomic mass is 16.6. The molecule has 0 bridgehead atoms. The smallest absolute Gasteiger partial charge is 0.308 e. The molecule has 0 N–H and O–H groups in total. The summed E-state index contributed by atoms with van der Waals surface area (Å²) in [5, 5.41) is 3.61. The number of ether oxygens (including phenoxy) is 1. The summed E-state index contributed by atoms with van der Waals surface area (Å²) in [4.78, 5) is 15.6. The molecule has 0 heterocycles. The van der Waals surface area contributed by atoms with Crippen molar-refractivity contribution in [3.8, 4) is 5.75 Å². The van der Waals surface area contributed by atoms with E-state index in [1.165, 1.54) is 14.0 Å². The highest BCUT2D eigenvalue weighted by Crippen LogP contribution is 2.19. The maximum absolute atomic E-state index is 11.1. The topological polar surface area (TPSA) is 47.9 Å². The molecule has 4 heteroatoms. The van der Waals surface area contributed by atoms with Gasteiger partial charge in [-0.1, -0.05) is 17.2 Å². The summed E-state index contributed by atoms with van der Waals surface area (Å²) in [7, 11) is 1.31. The van der Waals surface area contributed by atoms with Crippen molar-refractivity contribution in [2.75, 3.05) is 7.11 Å². The highest BCUT2D eigenvalue weighted by Gasteiger charge is 2.08. The van der Waals surface area contributed by atoms with E-state index in [9.17, 15) is 4.79 Å². The molecule has 0 radical (unpaired) electrons. The Kier molecular flexibility index (Phi) is 2.27. The molecule has 4 nitrogen and oxygen atoms in total. The van der Waals surface area contributed by atoms with Gasteiger partial charge in [0.2, 0.25) is 0 Å². The molecule has 0 aliphatic heterocycles. The summed E-state index contributed by atoms with van der Waals surface area (Å²) in [5.41, 5.74) is 0.189. The molecule has 1 rings (SSSR count). The van der Waals surface area contributed by atoms with Gasteiger partial charge in [0.1, 0.15) is 12.9 Å². The van der Waals surface area contributed by atoms with Gasteiger partial charge in [-0.25, -0.2) is 0 Å². The quantitative estimate of drug-likeness (QED) is 0.332. The SMILES string of the molecule is [2H]c1c([2H])c([2H])c(/C(C)=N/OC)c(OC(C)=O)c1[2H]. The molecule has 0 aliphatic rings. The van der Waals surface area contributed by atoms with Crippen molar-refractivity contribution < 1.29 is 19.9 Å². The molecule has 0 amide bonds. The number of hydrogen-bond acceptors (Lipinski definition) is 4. The van der Waals surface area contributed by atoms with Gasteiger partial charge in [-0.2, -0.15) is 0 Å². The molecule has 1 aromatic rings. The lowest BCUT2D eigenvalue weighted by molar-refractivity contribution is -0.131. The molecule has 0 aromatic heterocycles. The summed E-state index contributed by atoms with van der Waals surface area (Å²) in [6.07, 6.45) is 0. The fourth-order valence-electron chi connectivity index (χ4n) is 0.959. The summed E-state index contributed by atoms with van der Waals surface area (Å²) in [5.74, 6) is -0.937. The molecule has 0 aliphatic carbocycles. The number of oxime groups is 1. The maximum Gasteiger partial charge on any atom is 0.308 e. The van der Waals surface area contributed by atoms with Gasteiger partial charge in [-0.15, -0.1) is 0 Å². The number of carbonyl (C=O) groups excluding carboxylic acids is 1. The number of nitrogens with zero attached hydrogens (tertiary/aromatic N) is 1. The molecular formula is C11H13NO3. The van der Waals surface area contributed by atoms with Crippen LogP contribution in [0, 0.1) is 0 Å². The van der Waals surface area contributed by atoms with Crippen LogP contribution in [0.15, 0.2) is 29.3 Å². The first kappa shape index (κ1) is 6.61. The van der Waals surface area contributed by atoms with E-state index in [1.54, 1.807) is 0 Å². The van der Waals surface area contributed by atoms with Crippen LogP contribution < -0.4 is 4.74 Å². The second-order valence-electron chi connectivity index (χ2n) is 2.66. The van der Waals surface area contributed by atoms with E-state index in [4.69, 9.17) is 10.2 Å². The lowest BCUT2D eigenvalue weighted by Gasteiger charge is -2.07. The van der Waals surface area contributed by atoms with E-state index in [0.717, 1.165) is 6.92 Å². The van der Waals surface area contributed by atoms with Crippen LogP contribution in [0.2, 0.25) is 0 Å². The van der Waals surface area contributed by atoms with Crippen LogP contribution in [-0.4, -0.2) is 18.8 Å². The van der Waals surface area contributed by atoms with Crippen LogP contribution in [0.3, 0.4) is 0 Å². The average Bonchev–Trinajstić information content (AvgIpc) is 2.33. The summed E-state index contributed by atoms with van der Waals surface area (Å²) in [6.45, 7) is 2.64.